The summed E-state index contributed by atoms with van der Waals surface area (Å²) in [5.41, 5.74) is 4.84. The van der Waals surface area contributed by atoms with Crippen molar-refractivity contribution in [1.29, 1.82) is 0 Å². The molecule has 14 heavy (non-hydrogen) atoms. The Balaban J connectivity index is 2.16. The topological polar surface area (TPSA) is 0 Å². The van der Waals surface area contributed by atoms with Gasteiger partial charge in [-0.05, 0) is 44.9 Å². The summed E-state index contributed by atoms with van der Waals surface area (Å²) in [6.07, 6.45) is 13.6. The second-order valence-corrected chi connectivity index (χ2v) is 4.68. The smallest absolute Gasteiger partial charge is 0.00120 e. The van der Waals surface area contributed by atoms with Gasteiger partial charge in [0.05, 0.1) is 0 Å². The number of rotatable bonds is 0. The SMILES string of the molecule is C/C1=C/CCCCC2=CC=C(C1)C2C. The van der Waals surface area contributed by atoms with Crippen LogP contribution in [0.1, 0.15) is 46.0 Å². The third-order valence-electron chi connectivity index (χ3n) is 3.52. The van der Waals surface area contributed by atoms with Gasteiger partial charge in [0.1, 0.15) is 0 Å². The molecule has 2 aliphatic carbocycles. The van der Waals surface area contributed by atoms with E-state index in [9.17, 15) is 0 Å². The maximum Gasteiger partial charge on any atom is -0.00120 e. The largest absolute Gasteiger partial charge is 0.0853 e. The fourth-order valence-corrected chi connectivity index (χ4v) is 2.47. The van der Waals surface area contributed by atoms with E-state index in [1.807, 2.05) is 0 Å². The molecule has 0 saturated heterocycles. The number of hydrogen-bond acceptors (Lipinski definition) is 0. The van der Waals surface area contributed by atoms with Gasteiger partial charge in [0.15, 0.2) is 0 Å². The van der Waals surface area contributed by atoms with Crippen LogP contribution in [-0.2, 0) is 0 Å². The molecule has 0 aromatic rings. The Morgan fingerprint density at radius 1 is 1.14 bits per heavy atom. The first-order chi connectivity index (χ1) is 6.77. The molecule has 2 bridgehead atoms. The van der Waals surface area contributed by atoms with Crippen LogP contribution in [0.15, 0.2) is 34.9 Å². The molecular weight excluding hydrogens is 168 g/mol. The molecule has 0 aliphatic heterocycles. The zero-order chi connectivity index (χ0) is 9.97. The van der Waals surface area contributed by atoms with Gasteiger partial charge < -0.3 is 0 Å². The Morgan fingerprint density at radius 2 is 1.93 bits per heavy atom. The second-order valence-electron chi connectivity index (χ2n) is 4.68. The minimum absolute atomic E-state index is 0.719. The highest BCUT2D eigenvalue weighted by Gasteiger charge is 2.18. The summed E-state index contributed by atoms with van der Waals surface area (Å²) >= 11 is 0. The van der Waals surface area contributed by atoms with Crippen LogP contribution in [0.5, 0.6) is 0 Å². The van der Waals surface area contributed by atoms with Gasteiger partial charge >= 0.3 is 0 Å². The molecule has 1 unspecified atom stereocenters. The van der Waals surface area contributed by atoms with Crippen molar-refractivity contribution in [2.75, 3.05) is 0 Å². The zero-order valence-corrected chi connectivity index (χ0v) is 9.34. The lowest BCUT2D eigenvalue weighted by atomic mass is 9.89. The monoisotopic (exact) mass is 188 g/mol. The zero-order valence-electron chi connectivity index (χ0n) is 9.34. The summed E-state index contributed by atoms with van der Waals surface area (Å²) < 4.78 is 0. The molecule has 0 aromatic heterocycles. The van der Waals surface area contributed by atoms with Crippen molar-refractivity contribution in [2.24, 2.45) is 5.92 Å². The van der Waals surface area contributed by atoms with E-state index in [0.29, 0.717) is 0 Å². The van der Waals surface area contributed by atoms with E-state index >= 15 is 0 Å². The van der Waals surface area contributed by atoms with Crippen molar-refractivity contribution in [3.8, 4) is 0 Å². The Labute approximate surface area is 87.4 Å². The van der Waals surface area contributed by atoms with Crippen LogP contribution in [-0.4, -0.2) is 0 Å². The van der Waals surface area contributed by atoms with E-state index < -0.39 is 0 Å². The summed E-state index contributed by atoms with van der Waals surface area (Å²) in [5, 5.41) is 0. The van der Waals surface area contributed by atoms with Gasteiger partial charge in [-0.3, -0.25) is 0 Å². The molecule has 0 aromatic carbocycles. The van der Waals surface area contributed by atoms with Gasteiger partial charge in [0.25, 0.3) is 0 Å². The van der Waals surface area contributed by atoms with E-state index in [-0.39, 0.29) is 0 Å². The van der Waals surface area contributed by atoms with E-state index in [1.54, 1.807) is 16.7 Å². The highest BCUT2D eigenvalue weighted by molar-refractivity contribution is 5.36. The predicted octanol–water partition coefficient (Wildman–Crippen LogP) is 4.40. The Morgan fingerprint density at radius 3 is 2.79 bits per heavy atom. The summed E-state index contributed by atoms with van der Waals surface area (Å²) in [7, 11) is 0. The molecule has 0 spiro atoms. The van der Waals surface area contributed by atoms with Crippen LogP contribution in [0.2, 0.25) is 0 Å². The maximum absolute atomic E-state index is 2.43. The molecular formula is C14H20. The van der Waals surface area contributed by atoms with Gasteiger partial charge in [-0.25, -0.2) is 0 Å². The highest BCUT2D eigenvalue weighted by atomic mass is 14.2. The Hall–Kier alpha value is -0.780. The fraction of sp³-hybridized carbons (Fsp3) is 0.571. The molecule has 0 nitrogen and oxygen atoms in total. The van der Waals surface area contributed by atoms with Crippen LogP contribution in [0.4, 0.5) is 0 Å². The van der Waals surface area contributed by atoms with E-state index in [2.05, 4.69) is 32.1 Å². The van der Waals surface area contributed by atoms with E-state index in [1.165, 1.54) is 32.1 Å². The van der Waals surface area contributed by atoms with Gasteiger partial charge in [-0.1, -0.05) is 41.9 Å². The average molecular weight is 188 g/mol. The van der Waals surface area contributed by atoms with Crippen molar-refractivity contribution >= 4 is 0 Å². The van der Waals surface area contributed by atoms with E-state index in [0.717, 1.165) is 5.92 Å². The molecule has 1 atom stereocenters. The molecule has 76 valence electrons. The molecule has 0 N–H and O–H groups in total. The first-order valence-electron chi connectivity index (χ1n) is 5.82. The van der Waals surface area contributed by atoms with Gasteiger partial charge in [-0.15, -0.1) is 0 Å². The van der Waals surface area contributed by atoms with Crippen LogP contribution >= 0.6 is 0 Å². The lowest BCUT2D eigenvalue weighted by Gasteiger charge is -2.16. The average Bonchev–Trinajstić information content (AvgIpc) is 2.49. The number of hydrogen-bond donors (Lipinski definition) is 0. The second kappa shape index (κ2) is 4.16. The summed E-state index contributed by atoms with van der Waals surface area (Å²) in [5.74, 6) is 0.719. The van der Waals surface area contributed by atoms with E-state index in [4.69, 9.17) is 0 Å². The standard InChI is InChI=1S/C14H20/c1-11-6-4-3-5-7-13-8-9-14(10-11)12(13)2/h6,8-9,12H,3-5,7,10H2,1-2H3/b11-6-. The molecule has 0 heteroatoms. The van der Waals surface area contributed by atoms with Gasteiger partial charge in [-0.2, -0.15) is 0 Å². The van der Waals surface area contributed by atoms with Gasteiger partial charge in [0, 0.05) is 0 Å². The molecule has 0 fully saturated rings. The summed E-state index contributed by atoms with van der Waals surface area (Å²) in [6, 6.07) is 0. The number of allylic oxidation sites excluding steroid dienone is 6. The third kappa shape index (κ3) is 2.00. The highest BCUT2D eigenvalue weighted by Crippen LogP contribution is 2.34. The molecule has 0 radical (unpaired) electrons. The van der Waals surface area contributed by atoms with Gasteiger partial charge in [0.2, 0.25) is 0 Å². The lowest BCUT2D eigenvalue weighted by molar-refractivity contribution is 0.664. The van der Waals surface area contributed by atoms with Crippen LogP contribution in [0.3, 0.4) is 0 Å². The fourth-order valence-electron chi connectivity index (χ4n) is 2.47. The molecule has 0 amide bonds. The van der Waals surface area contributed by atoms with Crippen molar-refractivity contribution in [1.82, 2.24) is 0 Å². The maximum atomic E-state index is 2.43. The minimum atomic E-state index is 0.719. The van der Waals surface area contributed by atoms with Crippen molar-refractivity contribution in [3.63, 3.8) is 0 Å². The van der Waals surface area contributed by atoms with Crippen molar-refractivity contribution in [2.45, 2.75) is 46.0 Å². The summed E-state index contributed by atoms with van der Waals surface area (Å²) in [4.78, 5) is 0. The molecule has 0 heterocycles. The van der Waals surface area contributed by atoms with Crippen molar-refractivity contribution < 1.29 is 0 Å². The summed E-state index contributed by atoms with van der Waals surface area (Å²) in [6.45, 7) is 4.63. The predicted molar refractivity (Wildman–Crippen MR) is 62.2 cm³/mol. The van der Waals surface area contributed by atoms with Crippen molar-refractivity contribution in [3.05, 3.63) is 34.9 Å². The van der Waals surface area contributed by atoms with Crippen LogP contribution < -0.4 is 0 Å². The quantitative estimate of drug-likeness (QED) is 0.494. The Bertz CT molecular complexity index is 302. The third-order valence-corrected chi connectivity index (χ3v) is 3.52. The van der Waals surface area contributed by atoms with Crippen LogP contribution in [0.25, 0.3) is 0 Å². The Kier molecular flexibility index (Phi) is 2.90. The molecule has 2 rings (SSSR count). The first kappa shape index (κ1) is 9.76. The normalized spacial score (nSPS) is 31.6. The number of fused-ring (bicyclic) bond motifs is 2. The molecule has 2 aliphatic rings. The molecule has 0 saturated carbocycles. The minimum Gasteiger partial charge on any atom is -0.0853 e. The van der Waals surface area contributed by atoms with Crippen LogP contribution in [0, 0.1) is 5.92 Å². The first-order valence-corrected chi connectivity index (χ1v) is 5.82. The lowest BCUT2D eigenvalue weighted by Crippen LogP contribution is -2.01.